The number of imidazole rings is 1. The molecule has 0 aromatic carbocycles. The molecule has 0 radical (unpaired) electrons. The van der Waals surface area contributed by atoms with Crippen molar-refractivity contribution in [1.29, 1.82) is 0 Å². The molecule has 1 aromatic heterocycles. The van der Waals surface area contributed by atoms with Gasteiger partial charge < -0.3 is 5.11 Å². The van der Waals surface area contributed by atoms with Gasteiger partial charge in [-0.3, -0.25) is 3.97 Å². The lowest BCUT2D eigenvalue weighted by Crippen LogP contribution is -2.19. The van der Waals surface area contributed by atoms with Gasteiger partial charge in [-0.15, -0.1) is 10.2 Å². The summed E-state index contributed by atoms with van der Waals surface area (Å²) in [6.07, 6.45) is 15.4. The van der Waals surface area contributed by atoms with Crippen LogP contribution in [-0.4, -0.2) is 25.9 Å². The fourth-order valence-electron chi connectivity index (χ4n) is 3.37. The van der Waals surface area contributed by atoms with Crippen LogP contribution in [0.25, 0.3) is 0 Å². The summed E-state index contributed by atoms with van der Waals surface area (Å²) in [6.45, 7) is 2.05. The van der Waals surface area contributed by atoms with Crippen LogP contribution in [0.1, 0.15) is 45.4 Å². The van der Waals surface area contributed by atoms with Gasteiger partial charge in [0.25, 0.3) is 0 Å². The van der Waals surface area contributed by atoms with Gasteiger partial charge in [0.1, 0.15) is 6.33 Å². The van der Waals surface area contributed by atoms with Gasteiger partial charge in [-0.1, -0.05) is 32.3 Å². The predicted octanol–water partition coefficient (Wildman–Crippen LogP) is 4.21. The number of hydrogen-bond acceptors (Lipinski definition) is 2. The van der Waals surface area contributed by atoms with Gasteiger partial charge in [-0.2, -0.15) is 0 Å². The molecule has 3 rings (SSSR count). The summed E-state index contributed by atoms with van der Waals surface area (Å²) in [4.78, 5) is 4.22. The highest BCUT2D eigenvalue weighted by Crippen LogP contribution is 2.58. The van der Waals surface area contributed by atoms with Gasteiger partial charge in [0.2, 0.25) is 0 Å². The molecule has 0 spiro atoms. The third-order valence-electron chi connectivity index (χ3n) is 4.72. The zero-order valence-electron chi connectivity index (χ0n) is 12.8. The molecule has 1 saturated carbocycles. The Morgan fingerprint density at radius 1 is 1.38 bits per heavy atom. The largest absolute Gasteiger partial charge is 0.392 e. The molecular weight excluding hydrogens is 280 g/mol. The van der Waals surface area contributed by atoms with E-state index in [0.717, 1.165) is 18.1 Å². The lowest BCUT2D eigenvalue weighted by atomic mass is 9.84. The number of nitrogens with zero attached hydrogens (tertiary/aromatic N) is 2. The Hall–Kier alpha value is -1.00. The molecule has 1 fully saturated rings. The van der Waals surface area contributed by atoms with Gasteiger partial charge in [0, 0.05) is 18.1 Å². The fourth-order valence-corrected chi connectivity index (χ4v) is 6.59. The molecule has 1 N–H and O–H groups in total. The maximum absolute atomic E-state index is 10.2. The smallest absolute Gasteiger partial charge is 0.104 e. The number of aliphatic hydroxyl groups excluding tert-OH is 1. The van der Waals surface area contributed by atoms with Crippen LogP contribution >= 0.6 is 10.2 Å². The Bertz CT molecular complexity index is 517. The summed E-state index contributed by atoms with van der Waals surface area (Å²) in [7, 11) is -1.24. The Balaban J connectivity index is 1.87. The topological polar surface area (TPSA) is 38.0 Å². The Morgan fingerprint density at radius 2 is 2.19 bits per heavy atom. The third-order valence-corrected chi connectivity index (χ3v) is 7.92. The van der Waals surface area contributed by atoms with Crippen LogP contribution in [0.2, 0.25) is 0 Å². The van der Waals surface area contributed by atoms with E-state index in [9.17, 15) is 5.11 Å². The molecule has 0 bridgehead atoms. The normalized spacial score (nSPS) is 30.9. The van der Waals surface area contributed by atoms with E-state index in [1.807, 2.05) is 18.7 Å². The molecule has 2 atom stereocenters. The van der Waals surface area contributed by atoms with Crippen LogP contribution in [-0.2, 0) is 0 Å². The first-order valence-electron chi connectivity index (χ1n) is 8.11. The first-order chi connectivity index (χ1) is 10.2. The summed E-state index contributed by atoms with van der Waals surface area (Å²) in [5.41, 5.74) is 1.50. The third kappa shape index (κ3) is 3.11. The van der Waals surface area contributed by atoms with Crippen LogP contribution in [0.3, 0.4) is 0 Å². The average molecular weight is 306 g/mol. The first-order valence-corrected chi connectivity index (χ1v) is 9.99. The standard InChI is InChI=1S/C17H26N2OS/c1-2-17(20)13-21(19-10-9-18-14-19)11-8-16(12-21)15-6-4-3-5-7-15/h8-12,14-15,17,20H,2-7,13H2,1H3. The molecular formula is C17H26N2OS. The van der Waals surface area contributed by atoms with Crippen molar-refractivity contribution in [1.82, 2.24) is 8.96 Å². The molecule has 0 saturated heterocycles. The van der Waals surface area contributed by atoms with Gasteiger partial charge in [-0.25, -0.2) is 4.98 Å². The molecule has 2 unspecified atom stereocenters. The maximum atomic E-state index is 10.2. The number of allylic oxidation sites excluding steroid dienone is 2. The number of hydrogen-bond donors (Lipinski definition) is 1. The van der Waals surface area contributed by atoms with E-state index in [1.54, 1.807) is 0 Å². The van der Waals surface area contributed by atoms with Crippen molar-refractivity contribution >= 4 is 10.2 Å². The van der Waals surface area contributed by atoms with E-state index in [-0.39, 0.29) is 6.10 Å². The van der Waals surface area contributed by atoms with E-state index >= 15 is 0 Å². The van der Waals surface area contributed by atoms with Crippen molar-refractivity contribution in [3.05, 3.63) is 41.2 Å². The molecule has 3 nitrogen and oxygen atoms in total. The highest BCUT2D eigenvalue weighted by molar-refractivity contribution is 8.37. The van der Waals surface area contributed by atoms with Gasteiger partial charge in [-0.05, 0) is 41.6 Å². The zero-order chi connectivity index (χ0) is 14.7. The van der Waals surface area contributed by atoms with E-state index in [1.165, 1.54) is 37.7 Å². The highest BCUT2D eigenvalue weighted by Gasteiger charge is 2.30. The molecule has 21 heavy (non-hydrogen) atoms. The van der Waals surface area contributed by atoms with Crippen molar-refractivity contribution in [3.63, 3.8) is 0 Å². The first kappa shape index (κ1) is 14.9. The molecule has 1 aliphatic heterocycles. The van der Waals surface area contributed by atoms with Gasteiger partial charge >= 0.3 is 0 Å². The Morgan fingerprint density at radius 3 is 2.86 bits per heavy atom. The molecule has 1 aromatic rings. The second-order valence-electron chi connectivity index (χ2n) is 6.22. The van der Waals surface area contributed by atoms with E-state index in [4.69, 9.17) is 0 Å². The van der Waals surface area contributed by atoms with Crippen molar-refractivity contribution in [2.24, 2.45) is 5.92 Å². The quantitative estimate of drug-likeness (QED) is 0.884. The van der Waals surface area contributed by atoms with Gasteiger partial charge in [0.05, 0.1) is 6.10 Å². The van der Waals surface area contributed by atoms with Gasteiger partial charge in [0.15, 0.2) is 0 Å². The highest BCUT2D eigenvalue weighted by atomic mass is 32.3. The SMILES string of the molecule is CCC(O)CS1(n2ccnc2)C=CC(C2CCCCC2)=C1. The van der Waals surface area contributed by atoms with Crippen molar-refractivity contribution < 1.29 is 5.11 Å². The lowest BCUT2D eigenvalue weighted by Gasteiger charge is -2.35. The van der Waals surface area contributed by atoms with Crippen LogP contribution in [0, 0.1) is 5.92 Å². The number of aliphatic hydroxyl groups is 1. The summed E-state index contributed by atoms with van der Waals surface area (Å²) in [6, 6.07) is 0. The second-order valence-corrected chi connectivity index (χ2v) is 9.10. The minimum atomic E-state index is -1.24. The minimum absolute atomic E-state index is 0.242. The summed E-state index contributed by atoms with van der Waals surface area (Å²) in [5, 5.41) is 15.0. The minimum Gasteiger partial charge on any atom is -0.392 e. The Labute approximate surface area is 129 Å². The second kappa shape index (κ2) is 6.41. The summed E-state index contributed by atoms with van der Waals surface area (Å²) in [5.74, 6) is 1.54. The number of rotatable bonds is 5. The maximum Gasteiger partial charge on any atom is 0.104 e. The van der Waals surface area contributed by atoms with Crippen molar-refractivity contribution in [3.8, 4) is 0 Å². The number of aromatic nitrogens is 2. The molecule has 2 heterocycles. The van der Waals surface area contributed by atoms with Crippen molar-refractivity contribution in [2.45, 2.75) is 51.6 Å². The van der Waals surface area contributed by atoms with Crippen LogP contribution in [0.15, 0.2) is 41.2 Å². The molecule has 1 aliphatic carbocycles. The lowest BCUT2D eigenvalue weighted by molar-refractivity contribution is 0.194. The van der Waals surface area contributed by atoms with Crippen molar-refractivity contribution in [2.75, 3.05) is 5.75 Å². The van der Waals surface area contributed by atoms with Crippen LogP contribution in [0.4, 0.5) is 0 Å². The zero-order valence-corrected chi connectivity index (χ0v) is 13.6. The summed E-state index contributed by atoms with van der Waals surface area (Å²) >= 11 is 0. The Kier molecular flexibility index (Phi) is 4.55. The average Bonchev–Trinajstić information content (AvgIpc) is 3.18. The van der Waals surface area contributed by atoms with Crippen LogP contribution in [0.5, 0.6) is 0 Å². The van der Waals surface area contributed by atoms with E-state index in [0.29, 0.717) is 0 Å². The predicted molar refractivity (Wildman–Crippen MR) is 90.2 cm³/mol. The van der Waals surface area contributed by atoms with Crippen LogP contribution < -0.4 is 0 Å². The molecule has 4 heteroatoms. The monoisotopic (exact) mass is 306 g/mol. The molecule has 0 amide bonds. The molecule has 116 valence electrons. The summed E-state index contributed by atoms with van der Waals surface area (Å²) < 4.78 is 2.22. The van der Waals surface area contributed by atoms with E-state index in [2.05, 4.69) is 32.8 Å². The van der Waals surface area contributed by atoms with E-state index < -0.39 is 10.2 Å². The molecule has 2 aliphatic rings. The fraction of sp³-hybridized carbons (Fsp3) is 0.588.